The largest absolute Gasteiger partial charge is 0.349 e. The molecular formula is C14H10ClN3O2. The summed E-state index contributed by atoms with van der Waals surface area (Å²) in [5.41, 5.74) is 1.80. The Morgan fingerprint density at radius 2 is 1.90 bits per heavy atom. The zero-order valence-corrected chi connectivity index (χ0v) is 11.3. The van der Waals surface area contributed by atoms with Crippen molar-refractivity contribution in [3.63, 3.8) is 0 Å². The smallest absolute Gasteiger partial charge is 0.311 e. The molecule has 20 heavy (non-hydrogen) atoms. The van der Waals surface area contributed by atoms with Crippen molar-refractivity contribution in [1.82, 2.24) is 0 Å². The van der Waals surface area contributed by atoms with E-state index in [1.807, 2.05) is 0 Å². The van der Waals surface area contributed by atoms with Crippen molar-refractivity contribution in [2.75, 3.05) is 5.32 Å². The number of rotatable bonds is 3. The molecule has 0 fully saturated rings. The molecule has 2 aromatic rings. The topological polar surface area (TPSA) is 79.0 Å². The number of nitro groups is 1. The van der Waals surface area contributed by atoms with Crippen LogP contribution in [0.4, 0.5) is 17.1 Å². The van der Waals surface area contributed by atoms with Crippen LogP contribution in [0, 0.1) is 28.4 Å². The summed E-state index contributed by atoms with van der Waals surface area (Å²) in [6.07, 6.45) is 0. The Morgan fingerprint density at radius 3 is 2.55 bits per heavy atom. The van der Waals surface area contributed by atoms with E-state index in [4.69, 9.17) is 16.9 Å². The molecule has 100 valence electrons. The molecule has 0 aromatic heterocycles. The molecule has 2 rings (SSSR count). The van der Waals surface area contributed by atoms with Crippen LogP contribution in [0.15, 0.2) is 36.4 Å². The van der Waals surface area contributed by atoms with E-state index in [0.29, 0.717) is 11.3 Å². The highest BCUT2D eigenvalue weighted by Gasteiger charge is 2.19. The molecule has 0 radical (unpaired) electrons. The summed E-state index contributed by atoms with van der Waals surface area (Å²) in [5, 5.41) is 23.2. The Hall–Kier alpha value is -2.58. The molecule has 0 saturated carbocycles. The SMILES string of the molecule is Cc1cccc(Nc2cccc(Cl)c2[N+](=O)[O-])c1C#N. The van der Waals surface area contributed by atoms with Gasteiger partial charge in [0.05, 0.1) is 16.2 Å². The summed E-state index contributed by atoms with van der Waals surface area (Å²) >= 11 is 5.85. The van der Waals surface area contributed by atoms with Gasteiger partial charge in [0, 0.05) is 0 Å². The van der Waals surface area contributed by atoms with Crippen LogP contribution < -0.4 is 5.32 Å². The van der Waals surface area contributed by atoms with E-state index in [-0.39, 0.29) is 16.4 Å². The van der Waals surface area contributed by atoms with Gasteiger partial charge in [0.2, 0.25) is 0 Å². The predicted octanol–water partition coefficient (Wildman–Crippen LogP) is 4.17. The van der Waals surface area contributed by atoms with Crippen LogP contribution in [0.25, 0.3) is 0 Å². The van der Waals surface area contributed by atoms with E-state index in [0.717, 1.165) is 5.56 Å². The van der Waals surface area contributed by atoms with Crippen LogP contribution >= 0.6 is 11.6 Å². The van der Waals surface area contributed by atoms with Crippen LogP contribution in [0.3, 0.4) is 0 Å². The quantitative estimate of drug-likeness (QED) is 0.678. The summed E-state index contributed by atoms with van der Waals surface area (Å²) in [5.74, 6) is 0. The van der Waals surface area contributed by atoms with Crippen molar-refractivity contribution >= 4 is 28.7 Å². The van der Waals surface area contributed by atoms with Gasteiger partial charge >= 0.3 is 5.69 Å². The molecular weight excluding hydrogens is 278 g/mol. The van der Waals surface area contributed by atoms with Crippen molar-refractivity contribution in [3.8, 4) is 6.07 Å². The van der Waals surface area contributed by atoms with Crippen molar-refractivity contribution in [3.05, 3.63) is 62.7 Å². The van der Waals surface area contributed by atoms with Crippen LogP contribution in [0.2, 0.25) is 5.02 Å². The lowest BCUT2D eigenvalue weighted by molar-refractivity contribution is -0.383. The second kappa shape index (κ2) is 5.59. The monoisotopic (exact) mass is 287 g/mol. The third kappa shape index (κ3) is 2.56. The van der Waals surface area contributed by atoms with Crippen molar-refractivity contribution < 1.29 is 4.92 Å². The van der Waals surface area contributed by atoms with Gasteiger partial charge in [-0.05, 0) is 30.7 Å². The van der Waals surface area contributed by atoms with Crippen molar-refractivity contribution in [2.24, 2.45) is 0 Å². The molecule has 0 saturated heterocycles. The maximum Gasteiger partial charge on any atom is 0.311 e. The lowest BCUT2D eigenvalue weighted by atomic mass is 10.1. The first kappa shape index (κ1) is 13.8. The van der Waals surface area contributed by atoms with Gasteiger partial charge in [0.1, 0.15) is 16.8 Å². The molecule has 5 nitrogen and oxygen atoms in total. The molecule has 0 aliphatic heterocycles. The first-order valence-corrected chi connectivity index (χ1v) is 6.12. The van der Waals surface area contributed by atoms with E-state index in [1.165, 1.54) is 6.07 Å². The molecule has 1 N–H and O–H groups in total. The highest BCUT2D eigenvalue weighted by Crippen LogP contribution is 2.35. The Labute approximate surface area is 120 Å². The summed E-state index contributed by atoms with van der Waals surface area (Å²) in [6, 6.07) is 12.0. The van der Waals surface area contributed by atoms with Gasteiger partial charge in [-0.1, -0.05) is 29.8 Å². The zero-order chi connectivity index (χ0) is 14.7. The maximum absolute atomic E-state index is 11.1. The maximum atomic E-state index is 11.1. The molecule has 2 aromatic carbocycles. The van der Waals surface area contributed by atoms with Crippen molar-refractivity contribution in [1.29, 1.82) is 5.26 Å². The minimum atomic E-state index is -0.549. The molecule has 0 atom stereocenters. The standard InChI is InChI=1S/C14H10ClN3O2/c1-9-4-2-6-12(10(9)8-16)17-13-7-3-5-11(15)14(13)18(19)20/h2-7,17H,1H3. The lowest BCUT2D eigenvalue weighted by Crippen LogP contribution is -2.00. The first-order chi connectivity index (χ1) is 9.54. The van der Waals surface area contributed by atoms with E-state index >= 15 is 0 Å². The van der Waals surface area contributed by atoms with Gasteiger partial charge in [0.25, 0.3) is 0 Å². The van der Waals surface area contributed by atoms with Crippen LogP contribution in [0.1, 0.15) is 11.1 Å². The fourth-order valence-electron chi connectivity index (χ4n) is 1.87. The number of hydrogen-bond donors (Lipinski definition) is 1. The number of halogens is 1. The molecule has 0 aliphatic carbocycles. The van der Waals surface area contributed by atoms with Crippen LogP contribution in [0.5, 0.6) is 0 Å². The fourth-order valence-corrected chi connectivity index (χ4v) is 2.11. The van der Waals surface area contributed by atoms with E-state index < -0.39 is 4.92 Å². The molecule has 0 aliphatic rings. The van der Waals surface area contributed by atoms with Crippen LogP contribution in [-0.2, 0) is 0 Å². The Kier molecular flexibility index (Phi) is 3.87. The summed E-state index contributed by atoms with van der Waals surface area (Å²) < 4.78 is 0. The molecule has 6 heteroatoms. The Bertz CT molecular complexity index is 723. The lowest BCUT2D eigenvalue weighted by Gasteiger charge is -2.10. The summed E-state index contributed by atoms with van der Waals surface area (Å²) in [7, 11) is 0. The van der Waals surface area contributed by atoms with E-state index in [9.17, 15) is 10.1 Å². The molecule has 0 heterocycles. The van der Waals surface area contributed by atoms with Gasteiger partial charge in [-0.3, -0.25) is 10.1 Å². The minimum absolute atomic E-state index is 0.0474. The number of anilines is 2. The van der Waals surface area contributed by atoms with Gasteiger partial charge in [-0.15, -0.1) is 0 Å². The van der Waals surface area contributed by atoms with Gasteiger partial charge in [-0.2, -0.15) is 5.26 Å². The second-order valence-electron chi connectivity index (χ2n) is 4.13. The third-order valence-corrected chi connectivity index (χ3v) is 3.13. The highest BCUT2D eigenvalue weighted by atomic mass is 35.5. The summed E-state index contributed by atoms with van der Waals surface area (Å²) in [6.45, 7) is 1.80. The number of nitrogens with one attached hydrogen (secondary N) is 1. The molecule has 0 spiro atoms. The van der Waals surface area contributed by atoms with Crippen molar-refractivity contribution in [2.45, 2.75) is 6.92 Å². The predicted molar refractivity (Wildman–Crippen MR) is 77.3 cm³/mol. The second-order valence-corrected chi connectivity index (χ2v) is 4.53. The average Bonchev–Trinajstić information content (AvgIpc) is 2.38. The third-order valence-electron chi connectivity index (χ3n) is 2.82. The number of nitriles is 1. The number of hydrogen-bond acceptors (Lipinski definition) is 4. The van der Waals surface area contributed by atoms with Gasteiger partial charge in [-0.25, -0.2) is 0 Å². The minimum Gasteiger partial charge on any atom is -0.349 e. The molecule has 0 bridgehead atoms. The normalized spacial score (nSPS) is 9.85. The van der Waals surface area contributed by atoms with Gasteiger partial charge in [0.15, 0.2) is 0 Å². The zero-order valence-electron chi connectivity index (χ0n) is 10.6. The Balaban J connectivity index is 2.52. The number of benzene rings is 2. The van der Waals surface area contributed by atoms with E-state index in [1.54, 1.807) is 37.3 Å². The average molecular weight is 288 g/mol. The van der Waals surface area contributed by atoms with Crippen LogP contribution in [-0.4, -0.2) is 4.92 Å². The summed E-state index contributed by atoms with van der Waals surface area (Å²) in [4.78, 5) is 10.5. The molecule has 0 amide bonds. The first-order valence-electron chi connectivity index (χ1n) is 5.74. The number of nitrogens with zero attached hydrogens (tertiary/aromatic N) is 2. The molecule has 0 unspecified atom stereocenters. The number of aryl methyl sites for hydroxylation is 1. The Morgan fingerprint density at radius 1 is 1.25 bits per heavy atom. The number of para-hydroxylation sites is 1. The number of nitro benzene ring substituents is 1. The van der Waals surface area contributed by atoms with E-state index in [2.05, 4.69) is 11.4 Å². The fraction of sp³-hybridized carbons (Fsp3) is 0.0714. The highest BCUT2D eigenvalue weighted by molar-refractivity contribution is 6.33. The van der Waals surface area contributed by atoms with Gasteiger partial charge < -0.3 is 5.32 Å².